The van der Waals surface area contributed by atoms with Crippen molar-refractivity contribution in [3.05, 3.63) is 54.1 Å². The second-order valence-electron chi connectivity index (χ2n) is 3.59. The molecule has 0 aliphatic carbocycles. The molecule has 0 spiro atoms. The number of phenols is 1. The Labute approximate surface area is 96.1 Å². The highest BCUT2D eigenvalue weighted by molar-refractivity contribution is 5.69. The Hall–Kier alpha value is -1.97. The molecule has 2 aromatic carbocycles. The summed E-state index contributed by atoms with van der Waals surface area (Å²) in [5, 5.41) is 9.15. The zero-order chi connectivity index (χ0) is 12.5. The summed E-state index contributed by atoms with van der Waals surface area (Å²) < 4.78 is 38.4. The van der Waals surface area contributed by atoms with E-state index in [1.54, 1.807) is 30.3 Å². The predicted molar refractivity (Wildman–Crippen MR) is 58.5 cm³/mol. The van der Waals surface area contributed by atoms with Crippen molar-refractivity contribution in [2.75, 3.05) is 0 Å². The van der Waals surface area contributed by atoms with Crippen LogP contribution in [0.1, 0.15) is 5.56 Å². The summed E-state index contributed by atoms with van der Waals surface area (Å²) in [4.78, 5) is 0. The minimum atomic E-state index is -4.48. The van der Waals surface area contributed by atoms with E-state index in [9.17, 15) is 13.2 Å². The van der Waals surface area contributed by atoms with E-state index in [4.69, 9.17) is 5.11 Å². The molecule has 2 aromatic rings. The molecule has 2 rings (SSSR count). The molecule has 0 aromatic heterocycles. The summed E-state index contributed by atoms with van der Waals surface area (Å²) in [7, 11) is 0. The summed E-state index contributed by atoms with van der Waals surface area (Å²) >= 11 is 0. The number of phenolic OH excluding ortho intramolecular Hbond substituents is 1. The zero-order valence-corrected chi connectivity index (χ0v) is 8.70. The van der Waals surface area contributed by atoms with Crippen molar-refractivity contribution in [1.29, 1.82) is 0 Å². The second-order valence-corrected chi connectivity index (χ2v) is 3.59. The molecule has 0 bridgehead atoms. The molecular formula is C13H9F3O. The summed E-state index contributed by atoms with van der Waals surface area (Å²) in [5.74, 6) is -0.392. The predicted octanol–water partition coefficient (Wildman–Crippen LogP) is 4.08. The van der Waals surface area contributed by atoms with E-state index in [-0.39, 0.29) is 5.56 Å². The Bertz CT molecular complexity index is 518. The fourth-order valence-electron chi connectivity index (χ4n) is 1.64. The first kappa shape index (κ1) is 11.5. The van der Waals surface area contributed by atoms with E-state index in [1.807, 2.05) is 0 Å². The maximum Gasteiger partial charge on any atom is 0.417 e. The van der Waals surface area contributed by atoms with Crippen molar-refractivity contribution in [1.82, 2.24) is 0 Å². The molecule has 17 heavy (non-hydrogen) atoms. The fraction of sp³-hybridized carbons (Fsp3) is 0.0769. The smallest absolute Gasteiger partial charge is 0.417 e. The number of rotatable bonds is 1. The van der Waals surface area contributed by atoms with Gasteiger partial charge in [-0.05, 0) is 23.3 Å². The van der Waals surface area contributed by atoms with E-state index in [1.165, 1.54) is 12.1 Å². The van der Waals surface area contributed by atoms with Gasteiger partial charge in [0.15, 0.2) is 0 Å². The molecule has 0 aliphatic rings. The van der Waals surface area contributed by atoms with Gasteiger partial charge in [0.1, 0.15) is 5.75 Å². The molecule has 0 saturated heterocycles. The van der Waals surface area contributed by atoms with Gasteiger partial charge in [0.05, 0.1) is 5.56 Å². The first-order chi connectivity index (χ1) is 7.98. The average Bonchev–Trinajstić information content (AvgIpc) is 2.29. The second kappa shape index (κ2) is 4.13. The van der Waals surface area contributed by atoms with Gasteiger partial charge in [0.2, 0.25) is 0 Å². The molecule has 0 amide bonds. The molecular weight excluding hydrogens is 229 g/mol. The van der Waals surface area contributed by atoms with Gasteiger partial charge in [-0.1, -0.05) is 36.4 Å². The Morgan fingerprint density at radius 2 is 1.53 bits per heavy atom. The Balaban J connectivity index is 2.63. The highest BCUT2D eigenvalue weighted by Crippen LogP contribution is 2.38. The number of halogens is 3. The van der Waals surface area contributed by atoms with Crippen LogP contribution in [0.2, 0.25) is 0 Å². The third kappa shape index (κ3) is 2.41. The van der Waals surface area contributed by atoms with Crippen LogP contribution in [0, 0.1) is 0 Å². The van der Waals surface area contributed by atoms with Crippen LogP contribution in [0.25, 0.3) is 11.1 Å². The average molecular weight is 238 g/mol. The van der Waals surface area contributed by atoms with Gasteiger partial charge in [-0.15, -0.1) is 0 Å². The lowest BCUT2D eigenvalue weighted by Gasteiger charge is -2.13. The molecule has 0 aliphatic heterocycles. The summed E-state index contributed by atoms with van der Waals surface area (Å²) in [6.45, 7) is 0. The largest absolute Gasteiger partial charge is 0.508 e. The molecule has 0 fully saturated rings. The summed E-state index contributed by atoms with van der Waals surface area (Å²) in [6, 6.07) is 11.5. The van der Waals surface area contributed by atoms with E-state index >= 15 is 0 Å². The molecule has 0 atom stereocenters. The van der Waals surface area contributed by atoms with E-state index in [0.29, 0.717) is 5.56 Å². The molecule has 1 nitrogen and oxygen atoms in total. The maximum absolute atomic E-state index is 12.8. The van der Waals surface area contributed by atoms with Crippen molar-refractivity contribution in [2.45, 2.75) is 6.18 Å². The standard InChI is InChI=1S/C13H9F3O/c14-13(15,16)12-8-10(17)6-7-11(12)9-4-2-1-3-5-9/h1-8,17H. The third-order valence-corrected chi connectivity index (χ3v) is 2.39. The van der Waals surface area contributed by atoms with E-state index in [0.717, 1.165) is 6.07 Å². The number of alkyl halides is 3. The molecule has 0 saturated carbocycles. The van der Waals surface area contributed by atoms with Gasteiger partial charge in [0.25, 0.3) is 0 Å². The Kier molecular flexibility index (Phi) is 2.79. The lowest BCUT2D eigenvalue weighted by atomic mass is 9.99. The van der Waals surface area contributed by atoms with Crippen LogP contribution in [-0.4, -0.2) is 5.11 Å². The first-order valence-corrected chi connectivity index (χ1v) is 4.94. The van der Waals surface area contributed by atoms with Crippen molar-refractivity contribution in [3.8, 4) is 16.9 Å². The lowest BCUT2D eigenvalue weighted by Crippen LogP contribution is -2.06. The number of aromatic hydroxyl groups is 1. The van der Waals surface area contributed by atoms with Crippen LogP contribution < -0.4 is 0 Å². The normalized spacial score (nSPS) is 11.5. The van der Waals surface area contributed by atoms with Crippen LogP contribution in [0.5, 0.6) is 5.75 Å². The summed E-state index contributed by atoms with van der Waals surface area (Å²) in [5.41, 5.74) is -0.292. The minimum Gasteiger partial charge on any atom is -0.508 e. The highest BCUT2D eigenvalue weighted by atomic mass is 19.4. The van der Waals surface area contributed by atoms with Crippen molar-refractivity contribution < 1.29 is 18.3 Å². The van der Waals surface area contributed by atoms with Gasteiger partial charge in [-0.25, -0.2) is 0 Å². The van der Waals surface area contributed by atoms with Crippen molar-refractivity contribution >= 4 is 0 Å². The van der Waals surface area contributed by atoms with Crippen LogP contribution in [0.4, 0.5) is 13.2 Å². The third-order valence-electron chi connectivity index (χ3n) is 2.39. The topological polar surface area (TPSA) is 20.2 Å². The van der Waals surface area contributed by atoms with Gasteiger partial charge < -0.3 is 5.11 Å². The molecule has 4 heteroatoms. The van der Waals surface area contributed by atoms with E-state index < -0.39 is 17.5 Å². The van der Waals surface area contributed by atoms with Gasteiger partial charge >= 0.3 is 6.18 Å². The SMILES string of the molecule is Oc1ccc(-c2ccccc2)c(C(F)(F)F)c1. The molecule has 0 radical (unpaired) electrons. The number of benzene rings is 2. The highest BCUT2D eigenvalue weighted by Gasteiger charge is 2.33. The first-order valence-electron chi connectivity index (χ1n) is 4.94. The molecule has 1 N–H and O–H groups in total. The summed E-state index contributed by atoms with van der Waals surface area (Å²) in [6.07, 6.45) is -4.48. The molecule has 0 unspecified atom stereocenters. The monoisotopic (exact) mass is 238 g/mol. The van der Waals surface area contributed by atoms with Crippen molar-refractivity contribution in [3.63, 3.8) is 0 Å². The number of hydrogen-bond acceptors (Lipinski definition) is 1. The Morgan fingerprint density at radius 1 is 0.882 bits per heavy atom. The molecule has 88 valence electrons. The van der Waals surface area contributed by atoms with Crippen LogP contribution >= 0.6 is 0 Å². The quantitative estimate of drug-likeness (QED) is 0.793. The fourth-order valence-corrected chi connectivity index (χ4v) is 1.64. The van der Waals surface area contributed by atoms with Crippen LogP contribution in [0.15, 0.2) is 48.5 Å². The maximum atomic E-state index is 12.8. The van der Waals surface area contributed by atoms with Crippen LogP contribution in [0.3, 0.4) is 0 Å². The van der Waals surface area contributed by atoms with Gasteiger partial charge in [-0.3, -0.25) is 0 Å². The molecule has 0 heterocycles. The van der Waals surface area contributed by atoms with Gasteiger partial charge in [-0.2, -0.15) is 13.2 Å². The van der Waals surface area contributed by atoms with Gasteiger partial charge in [0, 0.05) is 0 Å². The Morgan fingerprint density at radius 3 is 2.12 bits per heavy atom. The number of hydrogen-bond donors (Lipinski definition) is 1. The lowest BCUT2D eigenvalue weighted by molar-refractivity contribution is -0.137. The zero-order valence-electron chi connectivity index (χ0n) is 8.70. The van der Waals surface area contributed by atoms with Crippen molar-refractivity contribution in [2.24, 2.45) is 0 Å². The van der Waals surface area contributed by atoms with E-state index in [2.05, 4.69) is 0 Å². The van der Waals surface area contributed by atoms with Crippen LogP contribution in [-0.2, 0) is 6.18 Å². The minimum absolute atomic E-state index is 0.0656.